The van der Waals surface area contributed by atoms with E-state index in [1.54, 1.807) is 13.2 Å². The van der Waals surface area contributed by atoms with Crippen LogP contribution in [0.1, 0.15) is 66.8 Å². The van der Waals surface area contributed by atoms with Crippen LogP contribution in [0.15, 0.2) is 52.9 Å². The molecule has 1 aliphatic rings. The van der Waals surface area contributed by atoms with Gasteiger partial charge in [0, 0.05) is 35.2 Å². The Balaban J connectivity index is 1.03. The van der Waals surface area contributed by atoms with Crippen molar-refractivity contribution in [1.82, 2.24) is 10.3 Å². The summed E-state index contributed by atoms with van der Waals surface area (Å²) < 4.78 is 11.0. The van der Waals surface area contributed by atoms with Gasteiger partial charge in [0.1, 0.15) is 0 Å². The van der Waals surface area contributed by atoms with Gasteiger partial charge in [-0.15, -0.1) is 0 Å². The molecule has 0 aliphatic heterocycles. The van der Waals surface area contributed by atoms with Crippen molar-refractivity contribution in [2.75, 3.05) is 25.5 Å². The van der Waals surface area contributed by atoms with E-state index >= 15 is 0 Å². The molecule has 4 aromatic rings. The van der Waals surface area contributed by atoms with Gasteiger partial charge in [-0.25, -0.2) is 0 Å². The Bertz CT molecular complexity index is 1340. The van der Waals surface area contributed by atoms with Crippen LogP contribution in [0.4, 0.5) is 5.69 Å². The molecule has 36 heavy (non-hydrogen) atoms. The summed E-state index contributed by atoms with van der Waals surface area (Å²) in [6.45, 7) is 1.63. The van der Waals surface area contributed by atoms with E-state index in [-0.39, 0.29) is 5.91 Å². The molecule has 1 aliphatic carbocycles. The molecule has 0 atom stereocenters. The SMILES string of the molecule is COc1cccc2cc(C(=O)NCCCCCCCNc3c4c(nc5ccccc35)CCCC4)oc12. The van der Waals surface area contributed by atoms with Crippen molar-refractivity contribution in [3.05, 3.63) is 65.5 Å². The number of carbonyl (C=O) groups excluding carboxylic acids is 1. The Morgan fingerprint density at radius 3 is 2.67 bits per heavy atom. The summed E-state index contributed by atoms with van der Waals surface area (Å²) in [5.41, 5.74) is 5.73. The number of nitrogens with zero attached hydrogens (tertiary/aromatic N) is 1. The molecule has 0 saturated carbocycles. The lowest BCUT2D eigenvalue weighted by Gasteiger charge is -2.21. The number of aryl methyl sites for hydroxylation is 1. The summed E-state index contributed by atoms with van der Waals surface area (Å²) in [6, 6.07) is 15.9. The van der Waals surface area contributed by atoms with Gasteiger partial charge in [-0.2, -0.15) is 0 Å². The molecule has 6 nitrogen and oxygen atoms in total. The Morgan fingerprint density at radius 2 is 1.78 bits per heavy atom. The fraction of sp³-hybridized carbons (Fsp3) is 0.400. The fourth-order valence-corrected chi connectivity index (χ4v) is 5.17. The third-order valence-electron chi connectivity index (χ3n) is 7.06. The van der Waals surface area contributed by atoms with Gasteiger partial charge in [-0.05, 0) is 62.3 Å². The van der Waals surface area contributed by atoms with Crippen LogP contribution in [0.25, 0.3) is 21.9 Å². The number of methoxy groups -OCH3 is 1. The zero-order valence-corrected chi connectivity index (χ0v) is 21.1. The number of aromatic nitrogens is 1. The second-order valence-electron chi connectivity index (χ2n) is 9.58. The molecule has 1 amide bonds. The third kappa shape index (κ3) is 5.32. The molecule has 2 N–H and O–H groups in total. The van der Waals surface area contributed by atoms with Gasteiger partial charge >= 0.3 is 0 Å². The normalized spacial score (nSPS) is 13.0. The topological polar surface area (TPSA) is 76.4 Å². The van der Waals surface area contributed by atoms with Crippen molar-refractivity contribution in [1.29, 1.82) is 0 Å². The highest BCUT2D eigenvalue weighted by Crippen LogP contribution is 2.33. The van der Waals surface area contributed by atoms with Crippen molar-refractivity contribution >= 4 is 33.5 Å². The van der Waals surface area contributed by atoms with E-state index in [0.29, 0.717) is 23.6 Å². The summed E-state index contributed by atoms with van der Waals surface area (Å²) in [4.78, 5) is 17.4. The molecule has 2 aromatic heterocycles. The standard InChI is InChI=1S/C30H35N3O3/c1-35-26-17-11-12-21-20-27(36-29(21)26)30(34)32-19-10-4-2-3-9-18-31-28-22-13-5-7-15-24(22)33-25-16-8-6-14-23(25)28/h5,7,11-13,15,17,20H,2-4,6,8-10,14,16,18-19H2,1H3,(H,31,33)(H,32,34). The lowest BCUT2D eigenvalue weighted by atomic mass is 9.92. The van der Waals surface area contributed by atoms with Crippen molar-refractivity contribution in [2.45, 2.75) is 57.8 Å². The van der Waals surface area contributed by atoms with E-state index in [2.05, 4.69) is 34.9 Å². The minimum Gasteiger partial charge on any atom is -0.493 e. The zero-order chi connectivity index (χ0) is 24.7. The molecule has 0 bridgehead atoms. The van der Waals surface area contributed by atoms with Crippen LogP contribution in [0.3, 0.4) is 0 Å². The van der Waals surface area contributed by atoms with E-state index in [4.69, 9.17) is 14.1 Å². The maximum Gasteiger partial charge on any atom is 0.287 e. The van der Waals surface area contributed by atoms with E-state index < -0.39 is 0 Å². The first-order valence-electron chi connectivity index (χ1n) is 13.2. The van der Waals surface area contributed by atoms with E-state index in [9.17, 15) is 4.79 Å². The number of rotatable bonds is 11. The smallest absolute Gasteiger partial charge is 0.287 e. The first-order chi connectivity index (χ1) is 17.7. The van der Waals surface area contributed by atoms with Crippen LogP contribution < -0.4 is 15.4 Å². The number of para-hydroxylation sites is 2. The third-order valence-corrected chi connectivity index (χ3v) is 7.06. The van der Waals surface area contributed by atoms with Crippen LogP contribution in [0, 0.1) is 0 Å². The fourth-order valence-electron chi connectivity index (χ4n) is 5.17. The molecule has 2 heterocycles. The van der Waals surface area contributed by atoms with Gasteiger partial charge in [0.05, 0.1) is 12.6 Å². The number of hydrogen-bond acceptors (Lipinski definition) is 5. The van der Waals surface area contributed by atoms with Gasteiger partial charge in [0.25, 0.3) is 5.91 Å². The van der Waals surface area contributed by atoms with Gasteiger partial charge in [0.2, 0.25) is 0 Å². The van der Waals surface area contributed by atoms with Gasteiger partial charge in [0.15, 0.2) is 17.1 Å². The molecule has 0 spiro atoms. The minimum atomic E-state index is -0.176. The Morgan fingerprint density at radius 1 is 0.972 bits per heavy atom. The van der Waals surface area contributed by atoms with E-state index in [1.165, 1.54) is 41.6 Å². The van der Waals surface area contributed by atoms with Crippen LogP contribution in [-0.4, -0.2) is 31.1 Å². The number of pyridine rings is 1. The van der Waals surface area contributed by atoms with E-state index in [1.807, 2.05) is 18.2 Å². The molecule has 6 heteroatoms. The highest BCUT2D eigenvalue weighted by molar-refractivity contribution is 5.97. The maximum absolute atomic E-state index is 12.5. The number of amides is 1. The number of anilines is 1. The number of ether oxygens (including phenoxy) is 1. The molecular formula is C30H35N3O3. The number of unbranched alkanes of at least 4 members (excludes halogenated alkanes) is 4. The lowest BCUT2D eigenvalue weighted by Crippen LogP contribution is -2.23. The van der Waals surface area contributed by atoms with Gasteiger partial charge < -0.3 is 19.8 Å². The van der Waals surface area contributed by atoms with Crippen molar-refractivity contribution < 1.29 is 13.9 Å². The highest BCUT2D eigenvalue weighted by atomic mass is 16.5. The molecule has 0 unspecified atom stereocenters. The number of nitrogens with one attached hydrogen (secondary N) is 2. The Hall–Kier alpha value is -3.54. The number of furan rings is 1. The predicted molar refractivity (Wildman–Crippen MR) is 145 cm³/mol. The second-order valence-corrected chi connectivity index (χ2v) is 9.58. The maximum atomic E-state index is 12.5. The van der Waals surface area contributed by atoms with Crippen LogP contribution in [0.5, 0.6) is 5.75 Å². The summed E-state index contributed by atoms with van der Waals surface area (Å²) in [5, 5.41) is 8.84. The van der Waals surface area contributed by atoms with Crippen LogP contribution >= 0.6 is 0 Å². The number of benzene rings is 2. The molecule has 0 saturated heterocycles. The van der Waals surface area contributed by atoms with Crippen LogP contribution in [-0.2, 0) is 12.8 Å². The molecule has 0 radical (unpaired) electrons. The average Bonchev–Trinajstić information content (AvgIpc) is 3.36. The monoisotopic (exact) mass is 485 g/mol. The first kappa shape index (κ1) is 24.2. The average molecular weight is 486 g/mol. The summed E-state index contributed by atoms with van der Waals surface area (Å²) in [6.07, 6.45) is 10.3. The van der Waals surface area contributed by atoms with Crippen molar-refractivity contribution in [3.63, 3.8) is 0 Å². The number of fused-ring (bicyclic) bond motifs is 3. The van der Waals surface area contributed by atoms with E-state index in [0.717, 1.165) is 56.0 Å². The van der Waals surface area contributed by atoms with Crippen LogP contribution in [0.2, 0.25) is 0 Å². The number of hydrogen-bond donors (Lipinski definition) is 2. The highest BCUT2D eigenvalue weighted by Gasteiger charge is 2.18. The molecule has 2 aromatic carbocycles. The summed E-state index contributed by atoms with van der Waals surface area (Å²) in [5.74, 6) is 0.787. The molecule has 5 rings (SSSR count). The van der Waals surface area contributed by atoms with Crippen molar-refractivity contribution in [3.8, 4) is 5.75 Å². The van der Waals surface area contributed by atoms with Gasteiger partial charge in [-0.1, -0.05) is 49.6 Å². The molecule has 0 fully saturated rings. The summed E-state index contributed by atoms with van der Waals surface area (Å²) in [7, 11) is 1.60. The van der Waals surface area contributed by atoms with Crippen molar-refractivity contribution in [2.24, 2.45) is 0 Å². The summed E-state index contributed by atoms with van der Waals surface area (Å²) >= 11 is 0. The first-order valence-corrected chi connectivity index (χ1v) is 13.2. The molecular weight excluding hydrogens is 450 g/mol. The quantitative estimate of drug-likeness (QED) is 0.232. The Labute approximate surface area is 212 Å². The minimum absolute atomic E-state index is 0.176. The molecule has 188 valence electrons. The zero-order valence-electron chi connectivity index (χ0n) is 21.1. The predicted octanol–water partition coefficient (Wildman–Crippen LogP) is 6.66. The largest absolute Gasteiger partial charge is 0.493 e. The number of carbonyl (C=O) groups is 1. The second kappa shape index (κ2) is 11.5. The van der Waals surface area contributed by atoms with Gasteiger partial charge in [-0.3, -0.25) is 9.78 Å². The lowest BCUT2D eigenvalue weighted by molar-refractivity contribution is 0.0927. The Kier molecular flexibility index (Phi) is 7.70.